The second-order valence-corrected chi connectivity index (χ2v) is 4.32. The second kappa shape index (κ2) is 5.68. The maximum atomic E-state index is 12.6. The zero-order valence-corrected chi connectivity index (χ0v) is 11.0. The Morgan fingerprint density at radius 3 is 2.65 bits per heavy atom. The molecular weight excluding hydrogens is 297 g/mol. The van der Waals surface area contributed by atoms with Gasteiger partial charge in [0.1, 0.15) is 0 Å². The van der Waals surface area contributed by atoms with Gasteiger partial charge >= 0.3 is 12.2 Å². The Labute approximate surface area is 117 Å². The number of hydrogen-bond donors (Lipinski definition) is 2. The molecule has 2 aromatic rings. The third-order valence-corrected chi connectivity index (χ3v) is 2.49. The van der Waals surface area contributed by atoms with Gasteiger partial charge in [-0.1, -0.05) is 16.7 Å². The lowest BCUT2D eigenvalue weighted by molar-refractivity contribution is -0.137. The van der Waals surface area contributed by atoms with Crippen molar-refractivity contribution in [3.05, 3.63) is 34.7 Å². The molecule has 0 spiro atoms. The first-order chi connectivity index (χ1) is 9.38. The average molecular weight is 307 g/mol. The number of nitrogens with one attached hydrogen (secondary N) is 2. The molecule has 20 heavy (non-hydrogen) atoms. The molecule has 5 nitrogen and oxygen atoms in total. The first kappa shape index (κ1) is 14.6. The first-order valence-electron chi connectivity index (χ1n) is 5.50. The Bertz CT molecular complexity index is 600. The summed E-state index contributed by atoms with van der Waals surface area (Å²) in [7, 11) is 1.70. The van der Waals surface area contributed by atoms with Crippen LogP contribution in [0.2, 0.25) is 5.02 Å². The molecule has 2 N–H and O–H groups in total. The highest BCUT2D eigenvalue weighted by molar-refractivity contribution is 6.31. The second-order valence-electron chi connectivity index (χ2n) is 3.88. The Balaban J connectivity index is 2.22. The number of rotatable bonds is 4. The Kier molecular flexibility index (Phi) is 4.15. The fourth-order valence-electron chi connectivity index (χ4n) is 1.48. The van der Waals surface area contributed by atoms with Crippen LogP contribution in [-0.4, -0.2) is 17.2 Å². The summed E-state index contributed by atoms with van der Waals surface area (Å²) in [6.45, 7) is 0.359. The van der Waals surface area contributed by atoms with E-state index in [1.165, 1.54) is 6.07 Å². The lowest BCUT2D eigenvalue weighted by atomic mass is 10.2. The van der Waals surface area contributed by atoms with Crippen molar-refractivity contribution < 1.29 is 17.6 Å². The molecule has 0 fully saturated rings. The van der Waals surface area contributed by atoms with Gasteiger partial charge in [0.2, 0.25) is 5.89 Å². The number of nitrogens with zero attached hydrogens (tertiary/aromatic N) is 2. The van der Waals surface area contributed by atoms with Crippen molar-refractivity contribution in [2.75, 3.05) is 12.4 Å². The Morgan fingerprint density at radius 1 is 1.25 bits per heavy atom. The number of benzene rings is 1. The van der Waals surface area contributed by atoms with Crippen LogP contribution in [0.1, 0.15) is 11.5 Å². The molecule has 2 rings (SSSR count). The van der Waals surface area contributed by atoms with E-state index in [0.717, 1.165) is 12.1 Å². The minimum absolute atomic E-state index is 0.00867. The molecule has 108 valence electrons. The van der Waals surface area contributed by atoms with Gasteiger partial charge in [-0.25, -0.2) is 0 Å². The van der Waals surface area contributed by atoms with Gasteiger partial charge in [0.15, 0.2) is 0 Å². The smallest absolute Gasteiger partial charge is 0.406 e. The molecule has 9 heteroatoms. The predicted octanol–water partition coefficient (Wildman–Crippen LogP) is 3.20. The van der Waals surface area contributed by atoms with E-state index in [4.69, 9.17) is 16.0 Å². The van der Waals surface area contributed by atoms with Crippen LogP contribution in [0.5, 0.6) is 0 Å². The van der Waals surface area contributed by atoms with Gasteiger partial charge in [-0.05, 0) is 25.2 Å². The van der Waals surface area contributed by atoms with Crippen LogP contribution in [-0.2, 0) is 12.7 Å². The maximum Gasteiger partial charge on any atom is 0.416 e. The van der Waals surface area contributed by atoms with Crippen molar-refractivity contribution in [3.63, 3.8) is 0 Å². The van der Waals surface area contributed by atoms with E-state index in [-0.39, 0.29) is 16.7 Å². The zero-order valence-electron chi connectivity index (χ0n) is 10.3. The van der Waals surface area contributed by atoms with Crippen LogP contribution < -0.4 is 10.6 Å². The summed E-state index contributed by atoms with van der Waals surface area (Å²) in [6.07, 6.45) is -4.48. The molecule has 0 saturated heterocycles. The third kappa shape index (κ3) is 3.61. The SMILES string of the molecule is CNCc1nnc(Nc2cc(Cl)cc(C(F)(F)F)c2)o1. The van der Waals surface area contributed by atoms with Crippen LogP contribution in [0.15, 0.2) is 22.6 Å². The van der Waals surface area contributed by atoms with Crippen molar-refractivity contribution in [1.82, 2.24) is 15.5 Å². The van der Waals surface area contributed by atoms with E-state index in [9.17, 15) is 13.2 Å². The molecule has 0 saturated carbocycles. The number of hydrogen-bond acceptors (Lipinski definition) is 5. The van der Waals surface area contributed by atoms with Crippen LogP contribution in [0.4, 0.5) is 24.9 Å². The van der Waals surface area contributed by atoms with Gasteiger partial charge in [-0.3, -0.25) is 0 Å². The van der Waals surface area contributed by atoms with Gasteiger partial charge in [0, 0.05) is 10.7 Å². The van der Waals surface area contributed by atoms with E-state index < -0.39 is 11.7 Å². The minimum Gasteiger partial charge on any atom is -0.406 e. The predicted molar refractivity (Wildman–Crippen MR) is 66.8 cm³/mol. The van der Waals surface area contributed by atoms with Gasteiger partial charge in [0.05, 0.1) is 12.1 Å². The first-order valence-corrected chi connectivity index (χ1v) is 5.88. The van der Waals surface area contributed by atoms with E-state index >= 15 is 0 Å². The highest BCUT2D eigenvalue weighted by atomic mass is 35.5. The molecule has 1 aromatic heterocycles. The van der Waals surface area contributed by atoms with Gasteiger partial charge < -0.3 is 15.1 Å². The summed E-state index contributed by atoms with van der Waals surface area (Å²) in [6, 6.07) is 3.07. The summed E-state index contributed by atoms with van der Waals surface area (Å²) in [5, 5.41) is 12.7. The van der Waals surface area contributed by atoms with Crippen molar-refractivity contribution in [1.29, 1.82) is 0 Å². The summed E-state index contributed by atoms with van der Waals surface area (Å²) < 4.78 is 43.1. The van der Waals surface area contributed by atoms with Crippen LogP contribution >= 0.6 is 11.6 Å². The molecule has 0 aliphatic carbocycles. The molecule has 0 atom stereocenters. The summed E-state index contributed by atoms with van der Waals surface area (Å²) >= 11 is 5.66. The molecule has 0 radical (unpaired) electrons. The van der Waals surface area contributed by atoms with Crippen LogP contribution in [0.25, 0.3) is 0 Å². The van der Waals surface area contributed by atoms with E-state index in [1.807, 2.05) is 0 Å². The fourth-order valence-corrected chi connectivity index (χ4v) is 1.71. The maximum absolute atomic E-state index is 12.6. The summed E-state index contributed by atoms with van der Waals surface area (Å²) in [4.78, 5) is 0. The summed E-state index contributed by atoms with van der Waals surface area (Å²) in [5.74, 6) is 0.313. The lowest BCUT2D eigenvalue weighted by Crippen LogP contribution is -2.05. The third-order valence-electron chi connectivity index (χ3n) is 2.27. The molecule has 0 unspecified atom stereocenters. The van der Waals surface area contributed by atoms with Gasteiger partial charge in [0.25, 0.3) is 0 Å². The molecule has 0 bridgehead atoms. The standard InChI is InChI=1S/C11H10ClF3N4O/c1-16-5-9-18-19-10(20-9)17-8-3-6(11(13,14)15)2-7(12)4-8/h2-4,16H,5H2,1H3,(H,17,19). The number of anilines is 2. The van der Waals surface area contributed by atoms with E-state index in [0.29, 0.717) is 12.4 Å². The van der Waals surface area contributed by atoms with Gasteiger partial charge in [-0.2, -0.15) is 13.2 Å². The topological polar surface area (TPSA) is 63.0 Å². The van der Waals surface area contributed by atoms with E-state index in [2.05, 4.69) is 20.8 Å². The number of aromatic nitrogens is 2. The molecular formula is C11H10ClF3N4O. The van der Waals surface area contributed by atoms with Crippen molar-refractivity contribution in [3.8, 4) is 0 Å². The van der Waals surface area contributed by atoms with E-state index in [1.54, 1.807) is 7.05 Å². The normalized spacial score (nSPS) is 11.7. The van der Waals surface area contributed by atoms with Crippen molar-refractivity contribution in [2.24, 2.45) is 0 Å². The molecule has 1 aromatic carbocycles. The van der Waals surface area contributed by atoms with Crippen molar-refractivity contribution in [2.45, 2.75) is 12.7 Å². The molecule has 0 aliphatic heterocycles. The number of alkyl halides is 3. The number of halogens is 4. The van der Waals surface area contributed by atoms with Gasteiger partial charge in [-0.15, -0.1) is 5.10 Å². The van der Waals surface area contributed by atoms with Crippen molar-refractivity contribution >= 4 is 23.3 Å². The Morgan fingerprint density at radius 2 is 2.00 bits per heavy atom. The molecule has 0 amide bonds. The largest absolute Gasteiger partial charge is 0.416 e. The quantitative estimate of drug-likeness (QED) is 0.908. The molecule has 0 aliphatic rings. The highest BCUT2D eigenvalue weighted by Crippen LogP contribution is 2.33. The van der Waals surface area contributed by atoms with Crippen LogP contribution in [0, 0.1) is 0 Å². The summed E-state index contributed by atoms with van der Waals surface area (Å²) in [5.41, 5.74) is -0.744. The highest BCUT2D eigenvalue weighted by Gasteiger charge is 2.31. The monoisotopic (exact) mass is 306 g/mol. The van der Waals surface area contributed by atoms with Crippen LogP contribution in [0.3, 0.4) is 0 Å². The average Bonchev–Trinajstić information content (AvgIpc) is 2.75. The minimum atomic E-state index is -4.48. The lowest BCUT2D eigenvalue weighted by Gasteiger charge is -2.09. The Hall–Kier alpha value is -1.80. The zero-order chi connectivity index (χ0) is 14.8. The fraction of sp³-hybridized carbons (Fsp3) is 0.273. The molecule has 1 heterocycles.